The maximum absolute atomic E-state index is 12.6. The van der Waals surface area contributed by atoms with Crippen molar-refractivity contribution in [2.75, 3.05) is 20.3 Å². The summed E-state index contributed by atoms with van der Waals surface area (Å²) in [6.45, 7) is 0.0415. The van der Waals surface area contributed by atoms with Gasteiger partial charge in [-0.05, 0) is 97.6 Å². The number of ether oxygens (including phenoxy) is 3. The number of rotatable bonds is 8. The Morgan fingerprint density at radius 2 is 1.67 bits per heavy atom. The van der Waals surface area contributed by atoms with Crippen molar-refractivity contribution in [3.8, 4) is 22.6 Å². The number of hydrogen-bond acceptors (Lipinski definition) is 6. The van der Waals surface area contributed by atoms with Crippen LogP contribution in [0.3, 0.4) is 0 Å². The summed E-state index contributed by atoms with van der Waals surface area (Å²) in [5.41, 5.74) is 1.35. The lowest BCUT2D eigenvalue weighted by Gasteiger charge is -2.14. The molecule has 1 N–H and O–H groups in total. The number of methoxy groups -OCH3 is 1. The molecule has 0 amide bonds. The molecule has 0 aromatic heterocycles. The smallest absolute Gasteiger partial charge is 0.340 e. The van der Waals surface area contributed by atoms with Gasteiger partial charge in [0.2, 0.25) is 0 Å². The summed E-state index contributed by atoms with van der Waals surface area (Å²) in [4.78, 5) is 12.4. The number of carbonyl (C=O) groups excluding carboxylic acids is 1. The highest BCUT2D eigenvalue weighted by atomic mass is 127. The second-order valence-electron chi connectivity index (χ2n) is 6.55. The van der Waals surface area contributed by atoms with E-state index in [1.165, 1.54) is 18.2 Å². The SMILES string of the molecule is COc1c(I)cc(I)c(C(=O)OCCOc2ccc(S(=O)(=O)O)c(-c3ccccc3)c2)c1I. The fraction of sp³-hybridized carbons (Fsp3) is 0.136. The van der Waals surface area contributed by atoms with E-state index in [9.17, 15) is 17.8 Å². The van der Waals surface area contributed by atoms with E-state index in [1.807, 2.05) is 6.07 Å². The summed E-state index contributed by atoms with van der Waals surface area (Å²) in [6.07, 6.45) is 0. The Labute approximate surface area is 232 Å². The molecule has 7 nitrogen and oxygen atoms in total. The van der Waals surface area contributed by atoms with E-state index >= 15 is 0 Å². The number of hydrogen-bond donors (Lipinski definition) is 1. The van der Waals surface area contributed by atoms with Crippen molar-refractivity contribution in [3.63, 3.8) is 0 Å². The van der Waals surface area contributed by atoms with Gasteiger partial charge in [0.25, 0.3) is 10.1 Å². The zero-order valence-electron chi connectivity index (χ0n) is 17.0. The van der Waals surface area contributed by atoms with Crippen LogP contribution in [0.2, 0.25) is 0 Å². The molecule has 0 unspecified atom stereocenters. The molecule has 33 heavy (non-hydrogen) atoms. The van der Waals surface area contributed by atoms with Crippen LogP contribution in [0.1, 0.15) is 10.4 Å². The monoisotopic (exact) mass is 806 g/mol. The molecule has 0 aliphatic heterocycles. The van der Waals surface area contributed by atoms with E-state index in [2.05, 4.69) is 67.8 Å². The average Bonchev–Trinajstić information content (AvgIpc) is 2.76. The summed E-state index contributed by atoms with van der Waals surface area (Å²) in [5, 5.41) is 0. The van der Waals surface area contributed by atoms with E-state index in [-0.39, 0.29) is 18.1 Å². The van der Waals surface area contributed by atoms with E-state index < -0.39 is 16.1 Å². The molecule has 0 bridgehead atoms. The topological polar surface area (TPSA) is 99.1 Å². The molecule has 3 aromatic rings. The summed E-state index contributed by atoms with van der Waals surface area (Å²) >= 11 is 6.29. The maximum atomic E-state index is 12.6. The molecule has 0 aliphatic carbocycles. The largest absolute Gasteiger partial charge is 0.495 e. The first-order valence-corrected chi connectivity index (χ1v) is 14.0. The Hall–Kier alpha value is -1.17. The van der Waals surface area contributed by atoms with Gasteiger partial charge in [0.05, 0.1) is 19.8 Å². The molecule has 0 saturated heterocycles. The van der Waals surface area contributed by atoms with Crippen molar-refractivity contribution in [3.05, 3.63) is 70.9 Å². The molecule has 0 heterocycles. The third-order valence-electron chi connectivity index (χ3n) is 4.44. The van der Waals surface area contributed by atoms with E-state index in [1.54, 1.807) is 37.4 Å². The minimum atomic E-state index is -4.42. The van der Waals surface area contributed by atoms with E-state index in [0.29, 0.717) is 31.8 Å². The molecule has 0 fully saturated rings. The number of benzene rings is 3. The Morgan fingerprint density at radius 1 is 0.970 bits per heavy atom. The lowest BCUT2D eigenvalue weighted by molar-refractivity contribution is 0.0447. The Morgan fingerprint density at radius 3 is 2.30 bits per heavy atom. The van der Waals surface area contributed by atoms with Crippen molar-refractivity contribution in [1.82, 2.24) is 0 Å². The Balaban J connectivity index is 1.71. The molecular weight excluding hydrogens is 789 g/mol. The van der Waals surface area contributed by atoms with Gasteiger partial charge in [-0.25, -0.2) is 4.79 Å². The molecule has 11 heteroatoms. The highest BCUT2D eigenvalue weighted by Gasteiger charge is 2.22. The molecule has 0 spiro atoms. The predicted octanol–water partition coefficient (Wildman–Crippen LogP) is 5.66. The quantitative estimate of drug-likeness (QED) is 0.136. The van der Waals surface area contributed by atoms with Crippen LogP contribution in [0, 0.1) is 10.7 Å². The number of esters is 1. The average molecular weight is 806 g/mol. The third-order valence-corrected chi connectivity index (χ3v) is 8.03. The molecule has 174 valence electrons. The number of carbonyl (C=O) groups is 1. The van der Waals surface area contributed by atoms with Gasteiger partial charge in [0.1, 0.15) is 29.6 Å². The van der Waals surface area contributed by atoms with Crippen LogP contribution in [0.5, 0.6) is 11.5 Å². The molecule has 0 radical (unpaired) electrons. The summed E-state index contributed by atoms with van der Waals surface area (Å²) in [5.74, 6) is 0.498. The normalized spacial score (nSPS) is 11.2. The van der Waals surface area contributed by atoms with Crippen LogP contribution in [0.15, 0.2) is 59.5 Å². The second kappa shape index (κ2) is 11.5. The van der Waals surface area contributed by atoms with Crippen molar-refractivity contribution < 1.29 is 32.0 Å². The maximum Gasteiger partial charge on any atom is 0.340 e. The van der Waals surface area contributed by atoms with Gasteiger partial charge in [-0.3, -0.25) is 4.55 Å². The summed E-state index contributed by atoms with van der Waals surface area (Å²) < 4.78 is 51.9. The van der Waals surface area contributed by atoms with Crippen LogP contribution < -0.4 is 9.47 Å². The fourth-order valence-electron chi connectivity index (χ4n) is 2.98. The minimum absolute atomic E-state index is 0.0139. The zero-order chi connectivity index (χ0) is 24.2. The van der Waals surface area contributed by atoms with Gasteiger partial charge in [-0.1, -0.05) is 30.3 Å². The van der Waals surface area contributed by atoms with Crippen molar-refractivity contribution >= 4 is 83.9 Å². The molecule has 0 atom stereocenters. The van der Waals surface area contributed by atoms with Crippen LogP contribution in [0.4, 0.5) is 0 Å². The minimum Gasteiger partial charge on any atom is -0.495 e. The molecule has 0 aliphatic rings. The number of halogens is 3. The van der Waals surface area contributed by atoms with Crippen LogP contribution >= 0.6 is 67.8 Å². The zero-order valence-corrected chi connectivity index (χ0v) is 24.3. The molecule has 3 aromatic carbocycles. The van der Waals surface area contributed by atoms with Crippen LogP contribution in [-0.4, -0.2) is 39.3 Å². The Kier molecular flexibility index (Phi) is 9.22. The lowest BCUT2D eigenvalue weighted by atomic mass is 10.1. The van der Waals surface area contributed by atoms with Crippen molar-refractivity contribution in [1.29, 1.82) is 0 Å². The van der Waals surface area contributed by atoms with Crippen LogP contribution in [0.25, 0.3) is 11.1 Å². The molecule has 0 saturated carbocycles. The summed E-state index contributed by atoms with van der Waals surface area (Å²) in [6, 6.07) is 14.9. The summed E-state index contributed by atoms with van der Waals surface area (Å²) in [7, 11) is -2.87. The van der Waals surface area contributed by atoms with Crippen molar-refractivity contribution in [2.45, 2.75) is 4.90 Å². The van der Waals surface area contributed by atoms with Gasteiger partial charge in [-0.2, -0.15) is 8.42 Å². The van der Waals surface area contributed by atoms with Gasteiger partial charge in [0, 0.05) is 9.13 Å². The van der Waals surface area contributed by atoms with E-state index in [0.717, 1.165) is 7.14 Å². The first-order valence-electron chi connectivity index (χ1n) is 9.32. The predicted molar refractivity (Wildman–Crippen MR) is 149 cm³/mol. The van der Waals surface area contributed by atoms with E-state index in [4.69, 9.17) is 14.2 Å². The Bertz CT molecular complexity index is 1280. The van der Waals surface area contributed by atoms with Crippen LogP contribution in [-0.2, 0) is 14.9 Å². The van der Waals surface area contributed by atoms with Gasteiger partial charge in [-0.15, -0.1) is 0 Å². The standard InChI is InChI=1S/C22H17I3O7S/c1-30-21-17(24)12-16(23)19(20(21)25)22(26)32-10-9-31-14-7-8-18(33(27,28)29)15(11-14)13-5-3-2-4-6-13/h2-8,11-12H,9-10H2,1H3,(H,27,28,29). The first-order chi connectivity index (χ1) is 15.6. The highest BCUT2D eigenvalue weighted by molar-refractivity contribution is 14.1. The third kappa shape index (κ3) is 6.49. The fourth-order valence-corrected chi connectivity index (χ4v) is 7.93. The second-order valence-corrected chi connectivity index (χ2v) is 11.3. The highest BCUT2D eigenvalue weighted by Crippen LogP contribution is 2.34. The van der Waals surface area contributed by atoms with Gasteiger partial charge in [0.15, 0.2) is 0 Å². The van der Waals surface area contributed by atoms with Gasteiger partial charge >= 0.3 is 5.97 Å². The molecular formula is C22H17I3O7S. The lowest BCUT2D eigenvalue weighted by Crippen LogP contribution is -2.15. The van der Waals surface area contributed by atoms with Crippen molar-refractivity contribution in [2.24, 2.45) is 0 Å². The molecule has 3 rings (SSSR count). The van der Waals surface area contributed by atoms with Gasteiger partial charge < -0.3 is 14.2 Å². The first kappa shape index (κ1) is 26.4.